The van der Waals surface area contributed by atoms with Crippen LogP contribution in [0, 0.1) is 5.92 Å². The average Bonchev–Trinajstić information content (AvgIpc) is 2.83. The molecule has 94 valence electrons. The summed E-state index contributed by atoms with van der Waals surface area (Å²) in [6.45, 7) is 2.44. The highest BCUT2D eigenvalue weighted by Crippen LogP contribution is 2.29. The second-order valence-corrected chi connectivity index (χ2v) is 6.00. The lowest BCUT2D eigenvalue weighted by Crippen LogP contribution is -2.40. The van der Waals surface area contributed by atoms with Crippen LogP contribution in [0.2, 0.25) is 0 Å². The smallest absolute Gasteiger partial charge is 0.0351 e. The van der Waals surface area contributed by atoms with Crippen LogP contribution in [0.1, 0.15) is 57.8 Å². The van der Waals surface area contributed by atoms with Gasteiger partial charge in [0.2, 0.25) is 0 Å². The molecule has 0 heterocycles. The van der Waals surface area contributed by atoms with Crippen molar-refractivity contribution in [2.75, 3.05) is 19.0 Å². The molecular weight excluding hydrogens is 218 g/mol. The van der Waals surface area contributed by atoms with E-state index in [0.717, 1.165) is 24.4 Å². The Labute approximate surface area is 106 Å². The summed E-state index contributed by atoms with van der Waals surface area (Å²) in [6, 6.07) is 0.855. The second-order valence-electron chi connectivity index (χ2n) is 5.63. The van der Waals surface area contributed by atoms with Crippen molar-refractivity contribution < 1.29 is 0 Å². The maximum absolute atomic E-state index is 5.96. The van der Waals surface area contributed by atoms with Crippen molar-refractivity contribution in [1.82, 2.24) is 4.90 Å². The third-order valence-corrected chi connectivity index (χ3v) is 4.60. The van der Waals surface area contributed by atoms with Gasteiger partial charge in [-0.2, -0.15) is 0 Å². The lowest BCUT2D eigenvalue weighted by atomic mass is 9.93. The fraction of sp³-hybridized carbons (Fsp3) is 1.00. The van der Waals surface area contributed by atoms with Crippen LogP contribution >= 0.6 is 11.6 Å². The van der Waals surface area contributed by atoms with E-state index in [9.17, 15) is 0 Å². The summed E-state index contributed by atoms with van der Waals surface area (Å²) in [4.78, 5) is 2.71. The summed E-state index contributed by atoms with van der Waals surface area (Å²) in [5.74, 6) is 1.79. The summed E-state index contributed by atoms with van der Waals surface area (Å²) in [5.41, 5.74) is 0. The van der Waals surface area contributed by atoms with Crippen molar-refractivity contribution in [3.63, 3.8) is 0 Å². The van der Waals surface area contributed by atoms with Gasteiger partial charge >= 0.3 is 0 Å². The zero-order valence-electron chi connectivity index (χ0n) is 10.5. The molecule has 2 saturated carbocycles. The van der Waals surface area contributed by atoms with Gasteiger partial charge in [0.1, 0.15) is 0 Å². The predicted molar refractivity (Wildman–Crippen MR) is 71.1 cm³/mol. The number of halogens is 1. The quantitative estimate of drug-likeness (QED) is 0.659. The molecular formula is C14H26ClN. The Bertz CT molecular complexity index is 183. The largest absolute Gasteiger partial charge is 0.299 e. The molecule has 1 nitrogen and oxygen atoms in total. The molecule has 0 spiro atoms. The molecule has 16 heavy (non-hydrogen) atoms. The SMILES string of the molecule is ClCCN(CC1CCCC1)C1CCCCC1. The second kappa shape index (κ2) is 6.86. The molecule has 0 N–H and O–H groups in total. The molecule has 0 aliphatic heterocycles. The highest BCUT2D eigenvalue weighted by Gasteiger charge is 2.24. The minimum Gasteiger partial charge on any atom is -0.299 e. The van der Waals surface area contributed by atoms with E-state index in [1.165, 1.54) is 64.3 Å². The molecule has 2 aliphatic carbocycles. The van der Waals surface area contributed by atoms with Gasteiger partial charge < -0.3 is 0 Å². The Hall–Kier alpha value is 0.250. The van der Waals surface area contributed by atoms with Crippen LogP contribution in [0.3, 0.4) is 0 Å². The van der Waals surface area contributed by atoms with Crippen LogP contribution in [0.15, 0.2) is 0 Å². The van der Waals surface area contributed by atoms with E-state index in [1.807, 2.05) is 0 Å². The monoisotopic (exact) mass is 243 g/mol. The Balaban J connectivity index is 1.82. The molecule has 0 atom stereocenters. The van der Waals surface area contributed by atoms with Crippen molar-refractivity contribution in [3.05, 3.63) is 0 Å². The molecule has 2 heteroatoms. The Morgan fingerprint density at radius 1 is 0.875 bits per heavy atom. The van der Waals surface area contributed by atoms with Gasteiger partial charge in [-0.15, -0.1) is 11.6 Å². The number of nitrogens with zero attached hydrogens (tertiary/aromatic N) is 1. The summed E-state index contributed by atoms with van der Waals surface area (Å²) >= 11 is 5.96. The van der Waals surface area contributed by atoms with Gasteiger partial charge in [-0.25, -0.2) is 0 Å². The Morgan fingerprint density at radius 2 is 1.50 bits per heavy atom. The maximum Gasteiger partial charge on any atom is 0.0351 e. The third kappa shape index (κ3) is 3.63. The van der Waals surface area contributed by atoms with Crippen molar-refractivity contribution >= 4 is 11.6 Å². The molecule has 2 aliphatic rings. The van der Waals surface area contributed by atoms with Gasteiger partial charge in [0, 0.05) is 25.0 Å². The van der Waals surface area contributed by atoms with Gasteiger partial charge in [-0.05, 0) is 31.6 Å². The highest BCUT2D eigenvalue weighted by molar-refractivity contribution is 6.18. The average molecular weight is 244 g/mol. The first-order valence-corrected chi connectivity index (χ1v) is 7.73. The summed E-state index contributed by atoms with van der Waals surface area (Å²) in [6.07, 6.45) is 13.0. The lowest BCUT2D eigenvalue weighted by Gasteiger charge is -2.35. The predicted octanol–water partition coefficient (Wildman–Crippen LogP) is 4.05. The van der Waals surface area contributed by atoms with Gasteiger partial charge in [0.15, 0.2) is 0 Å². The van der Waals surface area contributed by atoms with Crippen LogP contribution in [0.25, 0.3) is 0 Å². The normalized spacial score (nSPS) is 24.4. The number of rotatable bonds is 5. The number of hydrogen-bond acceptors (Lipinski definition) is 1. The first kappa shape index (κ1) is 12.7. The highest BCUT2D eigenvalue weighted by atomic mass is 35.5. The van der Waals surface area contributed by atoms with Gasteiger partial charge in [0.25, 0.3) is 0 Å². The zero-order valence-corrected chi connectivity index (χ0v) is 11.2. The van der Waals surface area contributed by atoms with E-state index in [-0.39, 0.29) is 0 Å². The minimum absolute atomic E-state index is 0.809. The van der Waals surface area contributed by atoms with Crippen LogP contribution < -0.4 is 0 Å². The lowest BCUT2D eigenvalue weighted by molar-refractivity contribution is 0.142. The molecule has 0 saturated heterocycles. The minimum atomic E-state index is 0.809. The van der Waals surface area contributed by atoms with Crippen LogP contribution in [0.5, 0.6) is 0 Å². The maximum atomic E-state index is 5.96. The van der Waals surface area contributed by atoms with E-state index in [1.54, 1.807) is 0 Å². The standard InChI is InChI=1S/C14H26ClN/c15-10-11-16(12-13-6-4-5-7-13)14-8-2-1-3-9-14/h13-14H,1-12H2. The summed E-state index contributed by atoms with van der Waals surface area (Å²) in [5, 5.41) is 0. The van der Waals surface area contributed by atoms with Crippen molar-refractivity contribution in [2.45, 2.75) is 63.8 Å². The van der Waals surface area contributed by atoms with Crippen molar-refractivity contribution in [2.24, 2.45) is 5.92 Å². The molecule has 0 aromatic heterocycles. The molecule has 0 radical (unpaired) electrons. The molecule has 2 fully saturated rings. The Kier molecular flexibility index (Phi) is 5.44. The Morgan fingerprint density at radius 3 is 2.12 bits per heavy atom. The van der Waals surface area contributed by atoms with Gasteiger partial charge in [0.05, 0.1) is 0 Å². The summed E-state index contributed by atoms with van der Waals surface area (Å²) < 4.78 is 0. The molecule has 0 bridgehead atoms. The van der Waals surface area contributed by atoms with Crippen LogP contribution in [0.4, 0.5) is 0 Å². The van der Waals surface area contributed by atoms with Gasteiger partial charge in [-0.3, -0.25) is 4.90 Å². The first-order chi connectivity index (χ1) is 7.90. The zero-order chi connectivity index (χ0) is 11.2. The molecule has 2 rings (SSSR count). The molecule has 0 amide bonds. The third-order valence-electron chi connectivity index (χ3n) is 4.43. The van der Waals surface area contributed by atoms with Crippen LogP contribution in [-0.2, 0) is 0 Å². The molecule has 0 aromatic rings. The first-order valence-electron chi connectivity index (χ1n) is 7.20. The van der Waals surface area contributed by atoms with E-state index >= 15 is 0 Å². The van der Waals surface area contributed by atoms with E-state index in [4.69, 9.17) is 11.6 Å². The fourth-order valence-electron chi connectivity index (χ4n) is 3.50. The van der Waals surface area contributed by atoms with Crippen LogP contribution in [-0.4, -0.2) is 29.9 Å². The molecule has 0 aromatic carbocycles. The number of alkyl halides is 1. The molecule has 0 unspecified atom stereocenters. The van der Waals surface area contributed by atoms with E-state index in [2.05, 4.69) is 4.90 Å². The summed E-state index contributed by atoms with van der Waals surface area (Å²) in [7, 11) is 0. The topological polar surface area (TPSA) is 3.24 Å². The fourth-order valence-corrected chi connectivity index (χ4v) is 3.72. The van der Waals surface area contributed by atoms with Crippen molar-refractivity contribution in [3.8, 4) is 0 Å². The van der Waals surface area contributed by atoms with Crippen molar-refractivity contribution in [1.29, 1.82) is 0 Å². The van der Waals surface area contributed by atoms with Gasteiger partial charge in [-0.1, -0.05) is 32.1 Å². The number of hydrogen-bond donors (Lipinski definition) is 0. The van der Waals surface area contributed by atoms with E-state index < -0.39 is 0 Å². The van der Waals surface area contributed by atoms with E-state index in [0.29, 0.717) is 0 Å².